The van der Waals surface area contributed by atoms with E-state index in [0.717, 1.165) is 38.5 Å². The largest absolute Gasteiger partial charge is 0.469 e. The summed E-state index contributed by atoms with van der Waals surface area (Å²) in [6, 6.07) is 0. The van der Waals surface area contributed by atoms with Crippen LogP contribution in [0.3, 0.4) is 0 Å². The molecule has 4 nitrogen and oxygen atoms in total. The molecule has 0 amide bonds. The maximum atomic E-state index is 10.9. The molecule has 1 unspecified atom stereocenters. The number of hydrogen-bond acceptors (Lipinski definition) is 4. The van der Waals surface area contributed by atoms with Crippen LogP contribution in [0.5, 0.6) is 0 Å². The maximum absolute atomic E-state index is 10.9. The number of carbonyl (C=O) groups excluding carboxylic acids is 1. The molecule has 0 bridgehead atoms. The molecule has 1 rings (SSSR count). The van der Waals surface area contributed by atoms with Crippen LogP contribution in [-0.4, -0.2) is 35.5 Å². The zero-order valence-electron chi connectivity index (χ0n) is 12.8. The second-order valence-electron chi connectivity index (χ2n) is 5.64. The van der Waals surface area contributed by atoms with Crippen molar-refractivity contribution in [3.05, 3.63) is 0 Å². The summed E-state index contributed by atoms with van der Waals surface area (Å²) in [5, 5.41) is 19.8. The Morgan fingerprint density at radius 3 is 2.30 bits per heavy atom. The molecular formula is C15H28AcO4. The summed E-state index contributed by atoms with van der Waals surface area (Å²) in [4.78, 5) is 10.9. The van der Waals surface area contributed by atoms with Crippen molar-refractivity contribution in [1.29, 1.82) is 0 Å². The Labute approximate surface area is 158 Å². The normalized spacial score (nSPS) is 29.0. The summed E-state index contributed by atoms with van der Waals surface area (Å²) in [5.74, 6) is 0.367. The van der Waals surface area contributed by atoms with Crippen LogP contribution in [0.4, 0.5) is 0 Å². The molecule has 5 heteroatoms. The van der Waals surface area contributed by atoms with Crippen molar-refractivity contribution in [2.24, 2.45) is 11.8 Å². The molecule has 0 aromatic rings. The van der Waals surface area contributed by atoms with Crippen molar-refractivity contribution in [2.75, 3.05) is 7.11 Å². The van der Waals surface area contributed by atoms with Crippen molar-refractivity contribution in [2.45, 2.75) is 70.5 Å². The van der Waals surface area contributed by atoms with Crippen LogP contribution in [0.15, 0.2) is 0 Å². The van der Waals surface area contributed by atoms with E-state index < -0.39 is 0 Å². The van der Waals surface area contributed by atoms with Crippen molar-refractivity contribution in [3.8, 4) is 0 Å². The Kier molecular flexibility index (Phi) is 11.9. The van der Waals surface area contributed by atoms with Gasteiger partial charge in [-0.05, 0) is 31.1 Å². The summed E-state index contributed by atoms with van der Waals surface area (Å²) in [7, 11) is 1.42. The second kappa shape index (κ2) is 11.4. The van der Waals surface area contributed by atoms with Crippen LogP contribution < -0.4 is 0 Å². The van der Waals surface area contributed by atoms with Gasteiger partial charge in [-0.15, -0.1) is 0 Å². The summed E-state index contributed by atoms with van der Waals surface area (Å²) in [6.45, 7) is 2.08. The quantitative estimate of drug-likeness (QED) is 0.398. The Balaban J connectivity index is 0.00000361. The second-order valence-corrected chi connectivity index (χ2v) is 5.64. The zero-order valence-corrected chi connectivity index (χ0v) is 17.5. The molecule has 20 heavy (non-hydrogen) atoms. The Morgan fingerprint density at radius 1 is 1.10 bits per heavy atom. The third-order valence-corrected chi connectivity index (χ3v) is 4.39. The van der Waals surface area contributed by atoms with Crippen LogP contribution in [0.25, 0.3) is 0 Å². The average Bonchev–Trinajstić information content (AvgIpc) is 2.67. The van der Waals surface area contributed by atoms with Crippen molar-refractivity contribution < 1.29 is 63.8 Å². The predicted molar refractivity (Wildman–Crippen MR) is 73.6 cm³/mol. The molecule has 2 N–H and O–H groups in total. The average molecular weight is 499 g/mol. The van der Waals surface area contributed by atoms with E-state index in [9.17, 15) is 15.0 Å². The van der Waals surface area contributed by atoms with Gasteiger partial charge in [-0.3, -0.25) is 4.79 Å². The number of rotatable bonds is 8. The van der Waals surface area contributed by atoms with Gasteiger partial charge in [0.2, 0.25) is 0 Å². The van der Waals surface area contributed by atoms with Gasteiger partial charge in [0.1, 0.15) is 0 Å². The predicted octanol–water partition coefficient (Wildman–Crippen LogP) is 2.27. The maximum Gasteiger partial charge on any atom is 0.305 e. The van der Waals surface area contributed by atoms with Crippen LogP contribution in [0, 0.1) is 55.9 Å². The van der Waals surface area contributed by atoms with Crippen LogP contribution in [0.2, 0.25) is 0 Å². The standard InChI is InChI=1S/C15H28O4.Ac/c1-3-11-12(14(17)10-13(11)16)8-6-4-5-7-9-15(18)19-2;/h11-14,16-17H,3-10H2,1-2H3;/t11-,12?,13+,14+;/m1./s1. The van der Waals surface area contributed by atoms with E-state index in [4.69, 9.17) is 0 Å². The molecule has 1 saturated carbocycles. The molecule has 0 aliphatic heterocycles. The van der Waals surface area contributed by atoms with E-state index in [2.05, 4.69) is 11.7 Å². The first-order valence-corrected chi connectivity index (χ1v) is 7.53. The van der Waals surface area contributed by atoms with Gasteiger partial charge in [0.15, 0.2) is 0 Å². The van der Waals surface area contributed by atoms with E-state index in [1.165, 1.54) is 7.11 Å². The van der Waals surface area contributed by atoms with Gasteiger partial charge in [0.25, 0.3) is 0 Å². The van der Waals surface area contributed by atoms with E-state index in [0.29, 0.717) is 12.8 Å². The number of ether oxygens (including phenoxy) is 1. The van der Waals surface area contributed by atoms with Crippen LogP contribution in [-0.2, 0) is 9.53 Å². The molecular weight excluding hydrogens is 471 g/mol. The third kappa shape index (κ3) is 6.73. The summed E-state index contributed by atoms with van der Waals surface area (Å²) >= 11 is 0. The Morgan fingerprint density at radius 2 is 1.70 bits per heavy atom. The van der Waals surface area contributed by atoms with E-state index in [1.807, 2.05) is 0 Å². The van der Waals surface area contributed by atoms with Gasteiger partial charge in [0.05, 0.1) is 19.3 Å². The van der Waals surface area contributed by atoms with Crippen molar-refractivity contribution >= 4 is 5.97 Å². The molecule has 1 radical (unpaired) electrons. The number of hydrogen-bond donors (Lipinski definition) is 2. The molecule has 1 fully saturated rings. The van der Waals surface area contributed by atoms with Crippen molar-refractivity contribution in [3.63, 3.8) is 0 Å². The number of esters is 1. The molecule has 1 aliphatic rings. The van der Waals surface area contributed by atoms with Gasteiger partial charge in [0, 0.05) is 50.5 Å². The summed E-state index contributed by atoms with van der Waals surface area (Å²) < 4.78 is 4.59. The molecule has 0 aromatic heterocycles. The summed E-state index contributed by atoms with van der Waals surface area (Å²) in [5.41, 5.74) is 0. The fourth-order valence-corrected chi connectivity index (χ4v) is 3.25. The fraction of sp³-hybridized carbons (Fsp3) is 0.933. The zero-order chi connectivity index (χ0) is 14.3. The number of aliphatic hydroxyl groups is 2. The van der Waals surface area contributed by atoms with Crippen LogP contribution >= 0.6 is 0 Å². The number of methoxy groups -OCH3 is 1. The minimum atomic E-state index is -0.338. The molecule has 1 aliphatic carbocycles. The number of carbonyl (C=O) groups is 1. The first-order chi connectivity index (χ1) is 9.10. The molecule has 0 aromatic carbocycles. The molecule has 0 heterocycles. The van der Waals surface area contributed by atoms with Gasteiger partial charge >= 0.3 is 5.97 Å². The Bertz CT molecular complexity index is 273. The van der Waals surface area contributed by atoms with Gasteiger partial charge in [-0.2, -0.15) is 0 Å². The van der Waals surface area contributed by atoms with Gasteiger partial charge in [-0.25, -0.2) is 0 Å². The first kappa shape index (κ1) is 20.8. The van der Waals surface area contributed by atoms with E-state index in [-0.39, 0.29) is 74.1 Å². The monoisotopic (exact) mass is 499 g/mol. The first-order valence-electron chi connectivity index (χ1n) is 7.53. The molecule has 0 saturated heterocycles. The van der Waals surface area contributed by atoms with Gasteiger partial charge < -0.3 is 14.9 Å². The van der Waals surface area contributed by atoms with Crippen molar-refractivity contribution in [1.82, 2.24) is 0 Å². The minimum absolute atomic E-state index is 0. The molecule has 0 spiro atoms. The SMILES string of the molecule is CC[C@@H]1C(CCCCCCC(=O)OC)[C@@H](O)C[C@@H]1O.[Ac]. The van der Waals surface area contributed by atoms with Crippen LogP contribution in [0.1, 0.15) is 58.3 Å². The molecule has 4 atom stereocenters. The molecule has 115 valence electrons. The van der Waals surface area contributed by atoms with Gasteiger partial charge in [-0.1, -0.05) is 32.6 Å². The third-order valence-electron chi connectivity index (χ3n) is 4.39. The smallest absolute Gasteiger partial charge is 0.305 e. The van der Waals surface area contributed by atoms with E-state index >= 15 is 0 Å². The number of unbranched alkanes of at least 4 members (excludes halogenated alkanes) is 3. The fourth-order valence-electron chi connectivity index (χ4n) is 3.25. The summed E-state index contributed by atoms with van der Waals surface area (Å²) in [6.07, 6.45) is 6.32. The van der Waals surface area contributed by atoms with E-state index in [1.54, 1.807) is 0 Å². The minimum Gasteiger partial charge on any atom is -0.469 e. The topological polar surface area (TPSA) is 66.8 Å². The number of aliphatic hydroxyl groups excluding tert-OH is 2. The Hall–Kier alpha value is 0.832.